The van der Waals surface area contributed by atoms with Gasteiger partial charge in [-0.05, 0) is 37.1 Å². The van der Waals surface area contributed by atoms with Crippen molar-refractivity contribution >= 4 is 33.2 Å². The van der Waals surface area contributed by atoms with Crippen LogP contribution in [0.25, 0.3) is 0 Å². The molecule has 0 unspecified atom stereocenters. The van der Waals surface area contributed by atoms with Gasteiger partial charge in [-0.1, -0.05) is 47.5 Å². The molecular formula is C19H23ClN2O3S. The Morgan fingerprint density at radius 1 is 1.08 bits per heavy atom. The summed E-state index contributed by atoms with van der Waals surface area (Å²) >= 11 is 6.11. The lowest BCUT2D eigenvalue weighted by Crippen LogP contribution is -2.41. The molecule has 0 spiro atoms. The summed E-state index contributed by atoms with van der Waals surface area (Å²) in [5.74, 6) is -0.298. The van der Waals surface area contributed by atoms with Gasteiger partial charge < -0.3 is 4.90 Å². The number of likely N-dealkylation sites (N-methyl/N-ethyl adjacent to an activating group) is 1. The molecule has 0 fully saturated rings. The van der Waals surface area contributed by atoms with Gasteiger partial charge in [0.2, 0.25) is 15.9 Å². The van der Waals surface area contributed by atoms with E-state index in [9.17, 15) is 13.2 Å². The van der Waals surface area contributed by atoms with E-state index in [0.717, 1.165) is 27.3 Å². The molecule has 1 amide bonds. The molecule has 140 valence electrons. The van der Waals surface area contributed by atoms with Crippen molar-refractivity contribution in [1.29, 1.82) is 0 Å². The molecule has 2 aromatic rings. The maximum absolute atomic E-state index is 12.6. The SMILES string of the molecule is Cc1ccc(CN(C)C(=O)CN(c2ccc(C)c(Cl)c2)S(C)(=O)=O)cc1. The highest BCUT2D eigenvalue weighted by Crippen LogP contribution is 2.25. The number of carbonyl (C=O) groups excluding carboxylic acids is 1. The highest BCUT2D eigenvalue weighted by atomic mass is 35.5. The monoisotopic (exact) mass is 394 g/mol. The number of benzene rings is 2. The van der Waals surface area contributed by atoms with Crippen LogP contribution in [0, 0.1) is 13.8 Å². The predicted octanol–water partition coefficient (Wildman–Crippen LogP) is 3.38. The third-order valence-electron chi connectivity index (χ3n) is 4.09. The van der Waals surface area contributed by atoms with Gasteiger partial charge in [0.05, 0.1) is 11.9 Å². The molecule has 0 aromatic heterocycles. The number of hydrogen-bond donors (Lipinski definition) is 0. The molecule has 0 atom stereocenters. The fourth-order valence-corrected chi connectivity index (χ4v) is 3.45. The standard InChI is InChI=1S/C19H23ClN2O3S/c1-14-5-8-16(9-6-14)12-21(3)19(23)13-22(26(4,24)25)17-10-7-15(2)18(20)11-17/h5-11H,12-13H2,1-4H3. The van der Waals surface area contributed by atoms with Crippen molar-refractivity contribution in [2.24, 2.45) is 0 Å². The Bertz CT molecular complexity index is 896. The van der Waals surface area contributed by atoms with Crippen LogP contribution < -0.4 is 4.31 Å². The molecule has 0 saturated carbocycles. The second-order valence-electron chi connectivity index (χ2n) is 6.44. The first-order valence-electron chi connectivity index (χ1n) is 8.11. The highest BCUT2D eigenvalue weighted by Gasteiger charge is 2.23. The largest absolute Gasteiger partial charge is 0.340 e. The van der Waals surface area contributed by atoms with Gasteiger partial charge >= 0.3 is 0 Å². The minimum Gasteiger partial charge on any atom is -0.340 e. The molecule has 5 nitrogen and oxygen atoms in total. The van der Waals surface area contributed by atoms with E-state index >= 15 is 0 Å². The van der Waals surface area contributed by atoms with Crippen LogP contribution >= 0.6 is 11.6 Å². The summed E-state index contributed by atoms with van der Waals surface area (Å²) < 4.78 is 25.5. The van der Waals surface area contributed by atoms with E-state index < -0.39 is 10.0 Å². The number of aryl methyl sites for hydroxylation is 2. The molecule has 0 aliphatic rings. The topological polar surface area (TPSA) is 57.7 Å². The number of halogens is 1. The van der Waals surface area contributed by atoms with Crippen molar-refractivity contribution < 1.29 is 13.2 Å². The molecule has 0 aliphatic carbocycles. The van der Waals surface area contributed by atoms with Crippen LogP contribution in [0.3, 0.4) is 0 Å². The van der Waals surface area contributed by atoms with E-state index in [-0.39, 0.29) is 12.5 Å². The van der Waals surface area contributed by atoms with Crippen LogP contribution in [0.1, 0.15) is 16.7 Å². The van der Waals surface area contributed by atoms with E-state index in [1.807, 2.05) is 38.1 Å². The molecule has 2 aromatic carbocycles. The molecule has 7 heteroatoms. The van der Waals surface area contributed by atoms with Crippen molar-refractivity contribution in [2.45, 2.75) is 20.4 Å². The van der Waals surface area contributed by atoms with Crippen LogP contribution in [-0.2, 0) is 21.4 Å². The summed E-state index contributed by atoms with van der Waals surface area (Å²) in [6.45, 7) is 3.96. The second kappa shape index (κ2) is 8.10. The van der Waals surface area contributed by atoms with Crippen molar-refractivity contribution in [3.05, 3.63) is 64.2 Å². The van der Waals surface area contributed by atoms with Crippen LogP contribution in [0.15, 0.2) is 42.5 Å². The number of amides is 1. The van der Waals surface area contributed by atoms with E-state index in [4.69, 9.17) is 11.6 Å². The minimum absolute atomic E-state index is 0.277. The Labute approximate surface area is 160 Å². The van der Waals surface area contributed by atoms with E-state index in [2.05, 4.69) is 0 Å². The highest BCUT2D eigenvalue weighted by molar-refractivity contribution is 7.92. The molecule has 0 N–H and O–H groups in total. The van der Waals surface area contributed by atoms with Gasteiger partial charge in [-0.15, -0.1) is 0 Å². The number of carbonyl (C=O) groups is 1. The smallest absolute Gasteiger partial charge is 0.243 e. The third-order valence-corrected chi connectivity index (χ3v) is 5.64. The normalized spacial score (nSPS) is 11.3. The van der Waals surface area contributed by atoms with Crippen molar-refractivity contribution in [3.63, 3.8) is 0 Å². The summed E-state index contributed by atoms with van der Waals surface area (Å²) in [5, 5.41) is 0.455. The van der Waals surface area contributed by atoms with Crippen molar-refractivity contribution in [3.8, 4) is 0 Å². The molecule has 0 radical (unpaired) electrons. The van der Waals surface area contributed by atoms with Gasteiger partial charge in [-0.2, -0.15) is 0 Å². The quantitative estimate of drug-likeness (QED) is 0.754. The summed E-state index contributed by atoms with van der Waals surface area (Å²) in [5.41, 5.74) is 3.34. The van der Waals surface area contributed by atoms with Crippen LogP contribution in [0.5, 0.6) is 0 Å². The van der Waals surface area contributed by atoms with Crippen molar-refractivity contribution in [1.82, 2.24) is 4.90 Å². The molecule has 0 bridgehead atoms. The summed E-state index contributed by atoms with van der Waals surface area (Å²) in [7, 11) is -1.97. The lowest BCUT2D eigenvalue weighted by atomic mass is 10.1. The van der Waals surface area contributed by atoms with Gasteiger partial charge in [-0.25, -0.2) is 8.42 Å². The fraction of sp³-hybridized carbons (Fsp3) is 0.316. The average molecular weight is 395 g/mol. The van der Waals surface area contributed by atoms with E-state index in [1.54, 1.807) is 25.2 Å². The van der Waals surface area contributed by atoms with Crippen molar-refractivity contribution in [2.75, 3.05) is 24.2 Å². The molecule has 0 saturated heterocycles. The first-order valence-corrected chi connectivity index (χ1v) is 10.3. The Kier molecular flexibility index (Phi) is 6.31. The van der Waals surface area contributed by atoms with E-state index in [0.29, 0.717) is 17.3 Å². The Hall–Kier alpha value is -2.05. The van der Waals surface area contributed by atoms with Gasteiger partial charge in [0, 0.05) is 18.6 Å². The van der Waals surface area contributed by atoms with Crippen LogP contribution in [0.4, 0.5) is 5.69 Å². The summed E-state index contributed by atoms with van der Waals surface area (Å²) in [6.07, 6.45) is 1.08. The number of rotatable bonds is 6. The zero-order valence-corrected chi connectivity index (χ0v) is 16.9. The number of anilines is 1. The fourth-order valence-electron chi connectivity index (χ4n) is 2.44. The zero-order chi connectivity index (χ0) is 19.5. The minimum atomic E-state index is -3.63. The molecule has 0 aliphatic heterocycles. The average Bonchev–Trinajstić information content (AvgIpc) is 2.56. The summed E-state index contributed by atoms with van der Waals surface area (Å²) in [6, 6.07) is 12.8. The van der Waals surface area contributed by atoms with Gasteiger partial charge in [0.25, 0.3) is 0 Å². The third kappa shape index (κ3) is 5.22. The zero-order valence-electron chi connectivity index (χ0n) is 15.4. The number of sulfonamides is 1. The van der Waals surface area contributed by atoms with Gasteiger partial charge in [-0.3, -0.25) is 9.10 Å². The molecule has 0 heterocycles. The number of hydrogen-bond acceptors (Lipinski definition) is 3. The first kappa shape index (κ1) is 20.3. The number of nitrogens with zero attached hydrogens (tertiary/aromatic N) is 2. The molecule has 26 heavy (non-hydrogen) atoms. The molecule has 2 rings (SSSR count). The maximum atomic E-state index is 12.6. The first-order chi connectivity index (χ1) is 12.1. The summed E-state index contributed by atoms with van der Waals surface area (Å²) in [4.78, 5) is 14.1. The lowest BCUT2D eigenvalue weighted by Gasteiger charge is -2.25. The lowest BCUT2D eigenvalue weighted by molar-refractivity contribution is -0.128. The maximum Gasteiger partial charge on any atom is 0.243 e. The van der Waals surface area contributed by atoms with Crippen LogP contribution in [0.2, 0.25) is 5.02 Å². The van der Waals surface area contributed by atoms with Crippen LogP contribution in [-0.4, -0.2) is 39.1 Å². The Morgan fingerprint density at radius 2 is 1.69 bits per heavy atom. The Morgan fingerprint density at radius 3 is 2.23 bits per heavy atom. The van der Waals surface area contributed by atoms with Gasteiger partial charge in [0.15, 0.2) is 0 Å². The van der Waals surface area contributed by atoms with E-state index in [1.165, 1.54) is 4.90 Å². The predicted molar refractivity (Wildman–Crippen MR) is 106 cm³/mol. The Balaban J connectivity index is 2.18. The molecular weight excluding hydrogens is 372 g/mol. The van der Waals surface area contributed by atoms with Gasteiger partial charge in [0.1, 0.15) is 6.54 Å². The second-order valence-corrected chi connectivity index (χ2v) is 8.75.